The van der Waals surface area contributed by atoms with Gasteiger partial charge in [0.2, 0.25) is 10.0 Å². The number of nitriles is 1. The number of rotatable bonds is 6. The van der Waals surface area contributed by atoms with Gasteiger partial charge in [-0.1, -0.05) is 6.07 Å². The first kappa shape index (κ1) is 16.6. The average Bonchev–Trinajstić information content (AvgIpc) is 3.22. The summed E-state index contributed by atoms with van der Waals surface area (Å²) in [5.74, 6) is -0.593. The van der Waals surface area contributed by atoms with E-state index in [4.69, 9.17) is 5.26 Å². The first-order chi connectivity index (χ1) is 10.2. The molecule has 0 N–H and O–H groups in total. The van der Waals surface area contributed by atoms with Gasteiger partial charge in [-0.3, -0.25) is 0 Å². The fraction of sp³-hybridized carbons (Fsp3) is 0.462. The van der Waals surface area contributed by atoms with E-state index in [2.05, 4.69) is 4.74 Å². The van der Waals surface area contributed by atoms with Crippen LogP contribution in [0.3, 0.4) is 0 Å². The molecule has 0 spiro atoms. The van der Waals surface area contributed by atoms with Crippen LogP contribution >= 0.6 is 0 Å². The van der Waals surface area contributed by atoms with Crippen LogP contribution in [-0.2, 0) is 10.0 Å². The molecule has 0 radical (unpaired) electrons. The fourth-order valence-corrected chi connectivity index (χ4v) is 3.71. The van der Waals surface area contributed by atoms with E-state index in [1.54, 1.807) is 0 Å². The Morgan fingerprint density at radius 3 is 2.59 bits per heavy atom. The van der Waals surface area contributed by atoms with E-state index in [9.17, 15) is 21.6 Å². The average molecular weight is 334 g/mol. The van der Waals surface area contributed by atoms with E-state index in [-0.39, 0.29) is 23.9 Å². The highest BCUT2D eigenvalue weighted by Gasteiger charge is 2.38. The van der Waals surface area contributed by atoms with Gasteiger partial charge in [-0.05, 0) is 25.0 Å². The highest BCUT2D eigenvalue weighted by Crippen LogP contribution is 2.33. The lowest BCUT2D eigenvalue weighted by Crippen LogP contribution is -2.34. The van der Waals surface area contributed by atoms with E-state index < -0.39 is 22.1 Å². The zero-order chi connectivity index (χ0) is 16.4. The molecule has 2 rings (SSSR count). The van der Waals surface area contributed by atoms with Crippen LogP contribution in [0.5, 0.6) is 5.75 Å². The van der Waals surface area contributed by atoms with E-state index in [1.807, 2.05) is 6.07 Å². The topological polar surface area (TPSA) is 70.4 Å². The predicted octanol–water partition coefficient (Wildman–Crippen LogP) is 2.65. The summed E-state index contributed by atoms with van der Waals surface area (Å²) in [5.41, 5.74) is 0. The van der Waals surface area contributed by atoms with Crippen molar-refractivity contribution in [1.82, 2.24) is 4.31 Å². The monoisotopic (exact) mass is 334 g/mol. The van der Waals surface area contributed by atoms with E-state index in [1.165, 1.54) is 16.4 Å². The van der Waals surface area contributed by atoms with Gasteiger partial charge in [0.25, 0.3) is 0 Å². The molecule has 22 heavy (non-hydrogen) atoms. The second-order valence-corrected chi connectivity index (χ2v) is 6.67. The molecule has 0 aliphatic heterocycles. The molecule has 0 atom stereocenters. The maximum atomic E-state index is 12.5. The summed E-state index contributed by atoms with van der Waals surface area (Å²) in [7, 11) is -3.95. The largest absolute Gasteiger partial charge is 0.573 e. The summed E-state index contributed by atoms with van der Waals surface area (Å²) in [4.78, 5) is -0.279. The molecular formula is C13H13F3N2O3S. The molecule has 120 valence electrons. The van der Waals surface area contributed by atoms with E-state index in [0.717, 1.165) is 12.1 Å². The number of benzene rings is 1. The van der Waals surface area contributed by atoms with Gasteiger partial charge in [-0.25, -0.2) is 8.42 Å². The lowest BCUT2D eigenvalue weighted by molar-refractivity contribution is -0.274. The standard InChI is InChI=1S/C13H13F3N2O3S/c14-13(15,16)21-11-3-1-4-12(9-11)22(19,20)18(8-2-7-17)10-5-6-10/h1,3-4,9-10H,2,5-6,8H2. The van der Waals surface area contributed by atoms with Crippen molar-refractivity contribution in [1.29, 1.82) is 5.26 Å². The van der Waals surface area contributed by atoms with Crippen LogP contribution in [0.2, 0.25) is 0 Å². The Morgan fingerprint density at radius 2 is 2.05 bits per heavy atom. The Hall–Kier alpha value is -1.79. The molecule has 1 aromatic rings. The Balaban J connectivity index is 2.28. The third-order valence-electron chi connectivity index (χ3n) is 3.04. The number of alkyl halides is 3. The number of halogens is 3. The molecule has 0 heterocycles. The maximum absolute atomic E-state index is 12.5. The Morgan fingerprint density at radius 1 is 1.36 bits per heavy atom. The van der Waals surface area contributed by atoms with Crippen molar-refractivity contribution in [3.05, 3.63) is 24.3 Å². The number of hydrogen-bond acceptors (Lipinski definition) is 4. The van der Waals surface area contributed by atoms with Gasteiger partial charge >= 0.3 is 6.36 Å². The lowest BCUT2D eigenvalue weighted by atomic mass is 10.3. The molecule has 0 unspecified atom stereocenters. The van der Waals surface area contributed by atoms with Crippen LogP contribution in [0.1, 0.15) is 19.3 Å². The minimum Gasteiger partial charge on any atom is -0.406 e. The molecule has 0 bridgehead atoms. The van der Waals surface area contributed by atoms with Gasteiger partial charge in [0.05, 0.1) is 11.0 Å². The molecule has 9 heteroatoms. The van der Waals surface area contributed by atoms with Crippen molar-refractivity contribution >= 4 is 10.0 Å². The van der Waals surface area contributed by atoms with Crippen LogP contribution in [0.4, 0.5) is 13.2 Å². The molecule has 5 nitrogen and oxygen atoms in total. The van der Waals surface area contributed by atoms with Gasteiger partial charge in [-0.2, -0.15) is 9.57 Å². The third-order valence-corrected chi connectivity index (χ3v) is 4.99. The van der Waals surface area contributed by atoms with Crippen LogP contribution in [0.15, 0.2) is 29.2 Å². The number of ether oxygens (including phenoxy) is 1. The summed E-state index contributed by atoms with van der Waals surface area (Å²) >= 11 is 0. The molecule has 0 saturated heterocycles. The van der Waals surface area contributed by atoms with Crippen LogP contribution in [0, 0.1) is 11.3 Å². The molecule has 1 fully saturated rings. The minimum atomic E-state index is -4.89. The number of nitrogens with zero attached hydrogens (tertiary/aromatic N) is 2. The second kappa shape index (κ2) is 6.14. The zero-order valence-corrected chi connectivity index (χ0v) is 12.2. The Labute approximate surface area is 126 Å². The van der Waals surface area contributed by atoms with E-state index >= 15 is 0 Å². The molecule has 1 aliphatic carbocycles. The van der Waals surface area contributed by atoms with Crippen molar-refractivity contribution in [2.75, 3.05) is 6.54 Å². The summed E-state index contributed by atoms with van der Waals surface area (Å²) in [6.07, 6.45) is -3.50. The number of hydrogen-bond donors (Lipinski definition) is 0. The van der Waals surface area contributed by atoms with Crippen molar-refractivity contribution in [2.24, 2.45) is 0 Å². The summed E-state index contributed by atoms with van der Waals surface area (Å²) in [6, 6.07) is 5.94. The normalized spacial score (nSPS) is 15.6. The smallest absolute Gasteiger partial charge is 0.406 e. The molecule has 1 aromatic carbocycles. The van der Waals surface area contributed by atoms with Crippen molar-refractivity contribution in [3.63, 3.8) is 0 Å². The van der Waals surface area contributed by atoms with Crippen LogP contribution < -0.4 is 4.74 Å². The molecule has 0 amide bonds. The first-order valence-corrected chi connectivity index (χ1v) is 7.92. The van der Waals surface area contributed by atoms with Crippen molar-refractivity contribution in [2.45, 2.75) is 36.6 Å². The summed E-state index contributed by atoms with van der Waals surface area (Å²) in [6.45, 7) is 0.0217. The lowest BCUT2D eigenvalue weighted by Gasteiger charge is -2.21. The maximum Gasteiger partial charge on any atom is 0.573 e. The van der Waals surface area contributed by atoms with Gasteiger partial charge in [0, 0.05) is 25.1 Å². The zero-order valence-electron chi connectivity index (χ0n) is 11.4. The van der Waals surface area contributed by atoms with Crippen molar-refractivity contribution in [3.8, 4) is 11.8 Å². The molecular weight excluding hydrogens is 321 g/mol. The first-order valence-electron chi connectivity index (χ1n) is 6.48. The van der Waals surface area contributed by atoms with Crippen LogP contribution in [-0.4, -0.2) is 31.7 Å². The molecule has 1 saturated carbocycles. The number of sulfonamides is 1. The van der Waals surface area contributed by atoms with Gasteiger partial charge in [0.15, 0.2) is 0 Å². The van der Waals surface area contributed by atoms with Gasteiger partial charge < -0.3 is 4.74 Å². The minimum absolute atomic E-state index is 0.0217. The quantitative estimate of drug-likeness (QED) is 0.802. The summed E-state index contributed by atoms with van der Waals surface area (Å²) < 4.78 is 66.6. The predicted molar refractivity (Wildman–Crippen MR) is 70.3 cm³/mol. The van der Waals surface area contributed by atoms with Gasteiger partial charge in [-0.15, -0.1) is 13.2 Å². The summed E-state index contributed by atoms with van der Waals surface area (Å²) in [5, 5.41) is 8.61. The fourth-order valence-electron chi connectivity index (χ4n) is 1.99. The highest BCUT2D eigenvalue weighted by molar-refractivity contribution is 7.89. The molecule has 1 aliphatic rings. The van der Waals surface area contributed by atoms with Crippen LogP contribution in [0.25, 0.3) is 0 Å². The van der Waals surface area contributed by atoms with Gasteiger partial charge in [0.1, 0.15) is 5.75 Å². The Bertz CT molecular complexity index is 679. The molecule has 0 aromatic heterocycles. The third kappa shape index (κ3) is 4.11. The van der Waals surface area contributed by atoms with E-state index in [0.29, 0.717) is 12.8 Å². The van der Waals surface area contributed by atoms with Crippen molar-refractivity contribution < 1.29 is 26.3 Å². The second-order valence-electron chi connectivity index (χ2n) is 4.78. The highest BCUT2D eigenvalue weighted by atomic mass is 32.2. The SMILES string of the molecule is N#CCCN(C1CC1)S(=O)(=O)c1cccc(OC(F)(F)F)c1. The Kier molecular flexibility index (Phi) is 4.63.